The molecule has 0 bridgehead atoms. The van der Waals surface area contributed by atoms with Crippen LogP contribution < -0.4 is 10.0 Å². The smallest absolute Gasteiger partial charge is 0.270 e. The number of fused-ring (bicyclic) bond motifs is 1. The van der Waals surface area contributed by atoms with Gasteiger partial charge in [0.05, 0.1) is 23.9 Å². The molecule has 1 aliphatic rings. The number of rotatable bonds is 8. The Bertz CT molecular complexity index is 1130. The highest BCUT2D eigenvalue weighted by Gasteiger charge is 2.29. The lowest BCUT2D eigenvalue weighted by Gasteiger charge is -2.12. The molecule has 3 aromatic rings. The minimum absolute atomic E-state index is 0.149. The van der Waals surface area contributed by atoms with Gasteiger partial charge in [-0.3, -0.25) is 4.79 Å². The van der Waals surface area contributed by atoms with Crippen molar-refractivity contribution in [3.8, 4) is 5.69 Å². The normalized spacial score (nSPS) is 14.7. The number of aromatic nitrogens is 2. The molecule has 1 saturated carbocycles. The molecule has 1 fully saturated rings. The van der Waals surface area contributed by atoms with Crippen LogP contribution in [0.1, 0.15) is 54.2 Å². The maximum atomic E-state index is 12.9. The molecule has 0 spiro atoms. The summed E-state index contributed by atoms with van der Waals surface area (Å²) < 4.78 is 10.9. The van der Waals surface area contributed by atoms with Gasteiger partial charge >= 0.3 is 0 Å². The first kappa shape index (κ1) is 21.6. The Kier molecular flexibility index (Phi) is 6.16. The largest absolute Gasteiger partial charge is 0.374 e. The fourth-order valence-electron chi connectivity index (χ4n) is 3.68. The first-order chi connectivity index (χ1) is 14.9. The molecule has 4 rings (SSSR count). The summed E-state index contributed by atoms with van der Waals surface area (Å²) in [5, 5.41) is 8.47. The Morgan fingerprint density at radius 1 is 1.29 bits per heavy atom. The van der Waals surface area contributed by atoms with Crippen LogP contribution in [0.2, 0.25) is 0 Å². The Morgan fingerprint density at radius 2 is 2.00 bits per heavy atom. The summed E-state index contributed by atoms with van der Waals surface area (Å²) in [7, 11) is 1.47. The number of nitrogens with zero attached hydrogens (tertiary/aromatic N) is 2. The topological polar surface area (TPSA) is 68.2 Å². The van der Waals surface area contributed by atoms with Gasteiger partial charge in [0.1, 0.15) is 5.69 Å². The van der Waals surface area contributed by atoms with Crippen LogP contribution in [0.25, 0.3) is 16.6 Å². The van der Waals surface area contributed by atoms with Gasteiger partial charge < -0.3 is 14.8 Å². The summed E-state index contributed by atoms with van der Waals surface area (Å²) >= 11 is 0. The second-order valence-corrected chi connectivity index (χ2v) is 9.81. The van der Waals surface area contributed by atoms with Gasteiger partial charge in [-0.15, -0.1) is 10.7 Å². The van der Waals surface area contributed by atoms with Crippen LogP contribution in [0.3, 0.4) is 0 Å². The second-order valence-electron chi connectivity index (χ2n) is 8.34. The first-order valence-corrected chi connectivity index (χ1v) is 12.4. The van der Waals surface area contributed by atoms with E-state index in [1.54, 1.807) is 11.7 Å². The molecule has 2 aromatic carbocycles. The van der Waals surface area contributed by atoms with Crippen molar-refractivity contribution in [3.63, 3.8) is 0 Å². The van der Waals surface area contributed by atoms with Crippen molar-refractivity contribution >= 4 is 39.0 Å². The van der Waals surface area contributed by atoms with Crippen molar-refractivity contribution in [2.45, 2.75) is 45.3 Å². The quantitative estimate of drug-likeness (QED) is 0.494. The van der Waals surface area contributed by atoms with Gasteiger partial charge in [0.25, 0.3) is 5.91 Å². The van der Waals surface area contributed by atoms with Gasteiger partial charge in [-0.2, -0.15) is 5.10 Å². The molecule has 1 amide bonds. The molecule has 1 unspecified atom stereocenters. The standard InChI is InChI=1S/C24H30N4O2S/c1-15(2)30-14-16-6-10-18(11-7-16)28-23(24(29)25-3)20-12-19(17-8-9-17)22(27-31(4)5)13-21(20)26-28/h6-7,10-13,15,17,27H,4,8-9,14H2,1-3,5H3,(H,25,29). The summed E-state index contributed by atoms with van der Waals surface area (Å²) in [6.45, 7) is 4.60. The third-order valence-electron chi connectivity index (χ3n) is 5.35. The third-order valence-corrected chi connectivity index (χ3v) is 5.92. The minimum Gasteiger partial charge on any atom is -0.374 e. The number of benzene rings is 2. The maximum absolute atomic E-state index is 12.9. The summed E-state index contributed by atoms with van der Waals surface area (Å²) in [6, 6.07) is 12.2. The Morgan fingerprint density at radius 3 is 2.58 bits per heavy atom. The number of ether oxygens (including phenoxy) is 1. The number of carbonyl (C=O) groups excluding carboxylic acids is 1. The molecule has 1 aliphatic carbocycles. The van der Waals surface area contributed by atoms with Crippen LogP contribution in [0, 0.1) is 0 Å². The van der Waals surface area contributed by atoms with Crippen molar-refractivity contribution < 1.29 is 9.53 Å². The molecule has 31 heavy (non-hydrogen) atoms. The SMILES string of the molecule is C=S(C)Nc1cc2nn(-c3ccc(COC(C)C)cc3)c(C(=O)NC)c2cc1C1CC1. The second kappa shape index (κ2) is 8.85. The lowest BCUT2D eigenvalue weighted by Crippen LogP contribution is -2.21. The summed E-state index contributed by atoms with van der Waals surface area (Å²) in [4.78, 5) is 12.9. The van der Waals surface area contributed by atoms with E-state index in [1.807, 2.05) is 38.1 Å². The van der Waals surface area contributed by atoms with Crippen LogP contribution in [0.5, 0.6) is 0 Å². The van der Waals surface area contributed by atoms with Crippen molar-refractivity contribution in [1.29, 1.82) is 0 Å². The zero-order chi connectivity index (χ0) is 22.1. The van der Waals surface area contributed by atoms with Gasteiger partial charge in [0.2, 0.25) is 0 Å². The number of nitrogens with one attached hydrogen (secondary N) is 2. The van der Waals surface area contributed by atoms with Gasteiger partial charge in [-0.05, 0) is 74.3 Å². The predicted molar refractivity (Wildman–Crippen MR) is 131 cm³/mol. The predicted octanol–water partition coefficient (Wildman–Crippen LogP) is 4.85. The van der Waals surface area contributed by atoms with E-state index in [1.165, 1.54) is 18.4 Å². The zero-order valence-corrected chi connectivity index (χ0v) is 19.4. The Balaban J connectivity index is 1.81. The highest BCUT2D eigenvalue weighted by molar-refractivity contribution is 8.14. The molecule has 164 valence electrons. The summed E-state index contributed by atoms with van der Waals surface area (Å²) in [5.74, 6) is 4.49. The summed E-state index contributed by atoms with van der Waals surface area (Å²) in [5.41, 5.74) is 5.61. The van der Waals surface area contributed by atoms with Crippen molar-refractivity contribution in [1.82, 2.24) is 15.1 Å². The van der Waals surface area contributed by atoms with Gasteiger partial charge in [0, 0.05) is 18.1 Å². The molecule has 1 aromatic heterocycles. The van der Waals surface area contributed by atoms with Gasteiger partial charge in [0.15, 0.2) is 0 Å². The van der Waals surface area contributed by atoms with Gasteiger partial charge in [-0.25, -0.2) is 4.68 Å². The maximum Gasteiger partial charge on any atom is 0.270 e. The van der Waals surface area contributed by atoms with E-state index < -0.39 is 0 Å². The number of carbonyl (C=O) groups is 1. The van der Waals surface area contributed by atoms with E-state index >= 15 is 0 Å². The molecule has 6 nitrogen and oxygen atoms in total. The van der Waals surface area contributed by atoms with Crippen LogP contribution in [0.15, 0.2) is 36.4 Å². The van der Waals surface area contributed by atoms with E-state index in [4.69, 9.17) is 9.84 Å². The van der Waals surface area contributed by atoms with E-state index in [9.17, 15) is 4.79 Å². The molecule has 0 aliphatic heterocycles. The van der Waals surface area contributed by atoms with Crippen molar-refractivity contribution in [2.24, 2.45) is 0 Å². The average Bonchev–Trinajstić information content (AvgIpc) is 3.51. The van der Waals surface area contributed by atoms with E-state index in [-0.39, 0.29) is 22.7 Å². The lowest BCUT2D eigenvalue weighted by atomic mass is 10.0. The first-order valence-electron chi connectivity index (χ1n) is 10.6. The van der Waals surface area contributed by atoms with E-state index in [0.717, 1.165) is 27.8 Å². The highest BCUT2D eigenvalue weighted by Crippen LogP contribution is 2.45. The molecule has 1 heterocycles. The number of anilines is 1. The van der Waals surface area contributed by atoms with E-state index in [0.29, 0.717) is 18.2 Å². The van der Waals surface area contributed by atoms with Crippen molar-refractivity contribution in [3.05, 3.63) is 53.2 Å². The molecule has 1 atom stereocenters. The average molecular weight is 439 g/mol. The Labute approximate surface area is 186 Å². The van der Waals surface area contributed by atoms with Crippen LogP contribution in [-0.4, -0.2) is 41.0 Å². The van der Waals surface area contributed by atoms with Crippen LogP contribution >= 0.6 is 10.7 Å². The molecular weight excluding hydrogens is 408 g/mol. The molecule has 0 radical (unpaired) electrons. The minimum atomic E-state index is -0.187. The van der Waals surface area contributed by atoms with Crippen molar-refractivity contribution in [2.75, 3.05) is 18.0 Å². The zero-order valence-electron chi connectivity index (χ0n) is 18.6. The molecule has 7 heteroatoms. The molecular formula is C24H30N4O2S. The number of hydrogen-bond acceptors (Lipinski definition) is 4. The fourth-order valence-corrected chi connectivity index (χ4v) is 4.23. The lowest BCUT2D eigenvalue weighted by molar-refractivity contribution is 0.0657. The monoisotopic (exact) mass is 438 g/mol. The van der Waals surface area contributed by atoms with E-state index in [2.05, 4.69) is 34.3 Å². The third kappa shape index (κ3) is 4.67. The number of amides is 1. The number of hydrogen-bond donors (Lipinski definition) is 2. The fraction of sp³-hybridized carbons (Fsp3) is 0.375. The van der Waals surface area contributed by atoms with Crippen LogP contribution in [0.4, 0.5) is 5.69 Å². The van der Waals surface area contributed by atoms with Gasteiger partial charge in [-0.1, -0.05) is 18.0 Å². The highest BCUT2D eigenvalue weighted by atomic mass is 32.2. The Hall–Kier alpha value is -2.64. The molecule has 2 N–H and O–H groups in total. The molecule has 0 saturated heterocycles. The van der Waals surface area contributed by atoms with Crippen LogP contribution in [-0.2, 0) is 11.3 Å². The summed E-state index contributed by atoms with van der Waals surface area (Å²) in [6.07, 6.45) is 4.59.